The van der Waals surface area contributed by atoms with Crippen molar-refractivity contribution in [1.29, 1.82) is 0 Å². The van der Waals surface area contributed by atoms with Crippen molar-refractivity contribution < 1.29 is 14.5 Å². The van der Waals surface area contributed by atoms with Gasteiger partial charge in [-0.15, -0.1) is 0 Å². The van der Waals surface area contributed by atoms with Crippen LogP contribution in [-0.4, -0.2) is 18.1 Å². The van der Waals surface area contributed by atoms with E-state index in [4.69, 9.17) is 16.3 Å². The zero-order valence-electron chi connectivity index (χ0n) is 16.4. The summed E-state index contributed by atoms with van der Waals surface area (Å²) in [4.78, 5) is 23.1. The smallest absolute Gasteiger partial charge is 0.432 e. The Morgan fingerprint density at radius 2 is 1.57 bits per heavy atom. The normalized spacial score (nSPS) is 12.1. The topological polar surface area (TPSA) is 81.8 Å². The summed E-state index contributed by atoms with van der Waals surface area (Å²) < 4.78 is 9.51. The van der Waals surface area contributed by atoms with E-state index in [1.807, 2.05) is 67.6 Å². The van der Waals surface area contributed by atoms with Gasteiger partial charge in [0, 0.05) is 24.8 Å². The van der Waals surface area contributed by atoms with Gasteiger partial charge in [0.25, 0.3) is 5.69 Å². The molecule has 0 aliphatic heterocycles. The molecule has 0 saturated heterocycles. The summed E-state index contributed by atoms with van der Waals surface area (Å²) in [6.45, 7) is 1.94. The van der Waals surface area contributed by atoms with Gasteiger partial charge in [0.05, 0.1) is 17.1 Å². The highest BCUT2D eigenvalue weighted by Crippen LogP contribution is 2.61. The fourth-order valence-electron chi connectivity index (χ4n) is 3.45. The van der Waals surface area contributed by atoms with E-state index >= 15 is 0 Å². The molecule has 0 fully saturated rings. The molecule has 8 heteroatoms. The second-order valence-corrected chi connectivity index (χ2v) is 10.4. The number of hydrogen-bond acceptors (Lipinski definition) is 4. The van der Waals surface area contributed by atoms with E-state index in [9.17, 15) is 14.9 Å². The molecule has 6 nitrogen and oxygen atoms in total. The molecule has 0 heterocycles. The molecule has 0 aliphatic rings. The maximum atomic E-state index is 12.5. The third kappa shape index (κ3) is 4.16. The predicted molar refractivity (Wildman–Crippen MR) is 120 cm³/mol. The van der Waals surface area contributed by atoms with Crippen LogP contribution in [0.2, 0.25) is 5.02 Å². The van der Waals surface area contributed by atoms with E-state index in [2.05, 4.69) is 4.74 Å². The van der Waals surface area contributed by atoms with E-state index in [0.717, 1.165) is 10.6 Å². The zero-order chi connectivity index (χ0) is 21.7. The highest BCUT2D eigenvalue weighted by Gasteiger charge is 2.35. The van der Waals surface area contributed by atoms with Crippen LogP contribution in [0.1, 0.15) is 18.1 Å². The van der Waals surface area contributed by atoms with Crippen molar-refractivity contribution in [3.63, 3.8) is 0 Å². The molecule has 3 aromatic rings. The average molecular weight is 443 g/mol. The highest BCUT2D eigenvalue weighted by atomic mass is 35.5. The van der Waals surface area contributed by atoms with Crippen molar-refractivity contribution in [2.75, 3.05) is 7.11 Å². The summed E-state index contributed by atoms with van der Waals surface area (Å²) >= 11 is 6.48. The minimum atomic E-state index is -2.76. The molecule has 3 aromatic carbocycles. The Balaban J connectivity index is 2.35. The molecule has 0 bridgehead atoms. The summed E-state index contributed by atoms with van der Waals surface area (Å²) in [5.41, 5.74) is 0.245. The van der Waals surface area contributed by atoms with Crippen molar-refractivity contribution in [3.05, 3.63) is 99.6 Å². The third-order valence-corrected chi connectivity index (χ3v) is 9.30. The van der Waals surface area contributed by atoms with E-state index in [1.165, 1.54) is 19.2 Å². The molecule has 1 atom stereocenters. The zero-order valence-corrected chi connectivity index (χ0v) is 18.1. The standard InChI is InChI=1S/C22H20ClN2O4P/c1-16(20-14-13-17(25(27)28)15-21(20)23)30(24-22(26)29-2,18-9-5-3-6-10-18)19-11-7-4-8-12-19/h3-16H,1-2H3. The quantitative estimate of drug-likeness (QED) is 0.278. The molecule has 0 saturated carbocycles. The Hall–Kier alpha value is -2.95. The minimum absolute atomic E-state index is 0.0933. The average Bonchev–Trinajstić information content (AvgIpc) is 2.78. The van der Waals surface area contributed by atoms with E-state index in [0.29, 0.717) is 5.56 Å². The lowest BCUT2D eigenvalue weighted by molar-refractivity contribution is -0.384. The minimum Gasteiger partial charge on any atom is -0.451 e. The van der Waals surface area contributed by atoms with Gasteiger partial charge in [0.15, 0.2) is 0 Å². The lowest BCUT2D eigenvalue weighted by atomic mass is 10.1. The number of benzene rings is 3. The second-order valence-electron chi connectivity index (χ2n) is 6.57. The first-order chi connectivity index (χ1) is 14.4. The monoisotopic (exact) mass is 442 g/mol. The van der Waals surface area contributed by atoms with E-state index < -0.39 is 18.1 Å². The Labute approximate surface area is 179 Å². The van der Waals surface area contributed by atoms with Crippen LogP contribution in [0.15, 0.2) is 83.6 Å². The fraction of sp³-hybridized carbons (Fsp3) is 0.136. The van der Waals surface area contributed by atoms with Crippen LogP contribution in [0, 0.1) is 10.1 Å². The molecule has 0 radical (unpaired) electrons. The fourth-order valence-corrected chi connectivity index (χ4v) is 7.68. The van der Waals surface area contributed by atoms with Gasteiger partial charge in [-0.25, -0.2) is 4.79 Å². The molecule has 30 heavy (non-hydrogen) atoms. The Morgan fingerprint density at radius 1 is 1.03 bits per heavy atom. The van der Waals surface area contributed by atoms with Crippen LogP contribution < -0.4 is 10.6 Å². The Kier molecular flexibility index (Phi) is 6.70. The van der Waals surface area contributed by atoms with Gasteiger partial charge in [-0.05, 0) is 16.2 Å². The molecule has 0 aliphatic carbocycles. The van der Waals surface area contributed by atoms with Crippen molar-refractivity contribution in [1.82, 2.24) is 0 Å². The van der Waals surface area contributed by atoms with Crippen LogP contribution in [-0.2, 0) is 4.74 Å². The third-order valence-electron chi connectivity index (χ3n) is 4.92. The van der Waals surface area contributed by atoms with Crippen molar-refractivity contribution in [2.45, 2.75) is 12.6 Å². The summed E-state index contributed by atoms with van der Waals surface area (Å²) in [6, 6.07) is 23.5. The van der Waals surface area contributed by atoms with Gasteiger partial charge in [0.1, 0.15) is 0 Å². The second kappa shape index (κ2) is 9.24. The van der Waals surface area contributed by atoms with E-state index in [1.54, 1.807) is 6.07 Å². The Bertz CT molecular complexity index is 1080. The number of rotatable bonds is 5. The largest absolute Gasteiger partial charge is 0.451 e. The van der Waals surface area contributed by atoms with Crippen molar-refractivity contribution in [3.8, 4) is 0 Å². The number of halogens is 1. The number of hydrogen-bond donors (Lipinski definition) is 0. The summed E-state index contributed by atoms with van der Waals surface area (Å²) in [5.74, 6) is 0. The van der Waals surface area contributed by atoms with Crippen LogP contribution in [0.3, 0.4) is 0 Å². The number of nitrogens with zero attached hydrogens (tertiary/aromatic N) is 2. The molecule has 0 N–H and O–H groups in total. The molecule has 0 aromatic heterocycles. The van der Waals surface area contributed by atoms with Crippen molar-refractivity contribution in [2.24, 2.45) is 4.74 Å². The number of nitro groups is 1. The summed E-state index contributed by atoms with van der Waals surface area (Å²) in [7, 11) is -1.46. The molecule has 0 spiro atoms. The van der Waals surface area contributed by atoms with Crippen molar-refractivity contribution >= 4 is 41.0 Å². The van der Waals surface area contributed by atoms with Crippen LogP contribution >= 0.6 is 18.7 Å². The van der Waals surface area contributed by atoms with Crippen LogP contribution in [0.25, 0.3) is 0 Å². The first-order valence-corrected chi connectivity index (χ1v) is 11.3. The van der Waals surface area contributed by atoms with Crippen LogP contribution in [0.5, 0.6) is 0 Å². The molecule has 1 unspecified atom stereocenters. The van der Waals surface area contributed by atoms with Gasteiger partial charge in [-0.1, -0.05) is 85.3 Å². The lowest BCUT2D eigenvalue weighted by Gasteiger charge is -2.32. The summed E-state index contributed by atoms with van der Waals surface area (Å²) in [6.07, 6.45) is -0.680. The number of ether oxygens (including phenoxy) is 1. The molecular weight excluding hydrogens is 423 g/mol. The number of carbonyl (C=O) groups is 1. The number of carbonyl (C=O) groups excluding carboxylic acids is 1. The van der Waals surface area contributed by atoms with Gasteiger partial charge < -0.3 is 4.74 Å². The van der Waals surface area contributed by atoms with Gasteiger partial charge in [-0.3, -0.25) is 10.1 Å². The first kappa shape index (κ1) is 21.8. The molecule has 154 valence electrons. The Morgan fingerprint density at radius 3 is 2.00 bits per heavy atom. The first-order valence-electron chi connectivity index (χ1n) is 9.15. The lowest BCUT2D eigenvalue weighted by Crippen LogP contribution is -2.22. The number of amides is 1. The molecular formula is C22H20ClN2O4P. The SMILES string of the molecule is COC(=O)N=P(c1ccccc1)(c1ccccc1)C(C)c1ccc([N+](=O)[O-])cc1Cl. The predicted octanol–water partition coefficient (Wildman–Crippen LogP) is 5.93. The van der Waals surface area contributed by atoms with Crippen LogP contribution in [0.4, 0.5) is 10.5 Å². The van der Waals surface area contributed by atoms with Gasteiger partial charge in [-0.2, -0.15) is 4.74 Å². The number of nitro benzene ring substituents is 1. The maximum absolute atomic E-state index is 12.5. The van der Waals surface area contributed by atoms with E-state index in [-0.39, 0.29) is 16.4 Å². The molecule has 1 amide bonds. The highest BCUT2D eigenvalue weighted by molar-refractivity contribution is 7.81. The maximum Gasteiger partial charge on any atom is 0.432 e. The van der Waals surface area contributed by atoms with Gasteiger partial charge >= 0.3 is 6.09 Å². The van der Waals surface area contributed by atoms with Gasteiger partial charge in [0.2, 0.25) is 0 Å². The number of non-ortho nitro benzene ring substituents is 1. The number of methoxy groups -OCH3 is 1. The summed E-state index contributed by atoms with van der Waals surface area (Å²) in [5, 5.41) is 13.1. The molecule has 3 rings (SSSR count).